The molecule has 1 aliphatic heterocycles. The van der Waals surface area contributed by atoms with Crippen LogP contribution < -0.4 is 4.74 Å². The lowest BCUT2D eigenvalue weighted by Crippen LogP contribution is -2.34. The second kappa shape index (κ2) is 11.0. The lowest BCUT2D eigenvalue weighted by atomic mass is 10.1. The Bertz CT molecular complexity index is 1130. The number of hydrogen-bond acceptors (Lipinski definition) is 4. The van der Waals surface area contributed by atoms with Gasteiger partial charge < -0.3 is 9.47 Å². The van der Waals surface area contributed by atoms with Gasteiger partial charge in [0, 0.05) is 28.9 Å². The van der Waals surface area contributed by atoms with E-state index in [2.05, 4.69) is 28.3 Å². The number of methoxy groups -OCH3 is 1. The predicted molar refractivity (Wildman–Crippen MR) is 133 cm³/mol. The van der Waals surface area contributed by atoms with Gasteiger partial charge in [0.15, 0.2) is 0 Å². The Kier molecular flexibility index (Phi) is 7.67. The van der Waals surface area contributed by atoms with Crippen molar-refractivity contribution in [3.8, 4) is 28.7 Å². The minimum Gasteiger partial charge on any atom is -0.500 e. The molecule has 0 spiro atoms. The number of rotatable bonds is 7. The molecule has 0 radical (unpaired) electrons. The van der Waals surface area contributed by atoms with E-state index in [1.54, 1.807) is 7.11 Å². The fraction of sp³-hybridized carbons (Fsp3) is 0.250. The summed E-state index contributed by atoms with van der Waals surface area (Å²) in [6, 6.07) is 19.8. The van der Waals surface area contributed by atoms with Crippen LogP contribution in [-0.2, 0) is 4.74 Å². The van der Waals surface area contributed by atoms with Crippen molar-refractivity contribution in [2.45, 2.75) is 18.9 Å². The van der Waals surface area contributed by atoms with Crippen molar-refractivity contribution in [2.24, 2.45) is 0 Å². The molecule has 4 nitrogen and oxygen atoms in total. The van der Waals surface area contributed by atoms with Crippen molar-refractivity contribution in [2.75, 3.05) is 26.8 Å². The molecule has 4 rings (SSSR count). The topological polar surface area (TPSA) is 34.6 Å². The summed E-state index contributed by atoms with van der Waals surface area (Å²) in [5.41, 5.74) is 3.75. The molecule has 1 aliphatic rings. The van der Waals surface area contributed by atoms with E-state index in [1.165, 1.54) is 6.42 Å². The van der Waals surface area contributed by atoms with Gasteiger partial charge in [0.2, 0.25) is 0 Å². The Morgan fingerprint density at radius 3 is 2.52 bits per heavy atom. The molecule has 0 N–H and O–H groups in total. The zero-order chi connectivity index (χ0) is 23.0. The lowest BCUT2D eigenvalue weighted by Gasteiger charge is -2.25. The molecule has 1 fully saturated rings. The summed E-state index contributed by atoms with van der Waals surface area (Å²) in [4.78, 5) is 6.83. The van der Waals surface area contributed by atoms with Crippen LogP contribution in [0.1, 0.15) is 24.1 Å². The third-order valence-corrected chi connectivity index (χ3v) is 6.03. The summed E-state index contributed by atoms with van der Waals surface area (Å²) in [5.74, 6) is 7.96. The van der Waals surface area contributed by atoms with Crippen LogP contribution in [0.2, 0.25) is 5.02 Å². The molecule has 0 aliphatic carbocycles. The largest absolute Gasteiger partial charge is 0.500 e. The van der Waals surface area contributed by atoms with Gasteiger partial charge in [0.25, 0.3) is 0 Å². The normalized spacial score (nSPS) is 15.5. The highest BCUT2D eigenvalue weighted by atomic mass is 35.5. The molecule has 1 atom stereocenters. The smallest absolute Gasteiger partial charge is 0.119 e. The summed E-state index contributed by atoms with van der Waals surface area (Å²) in [7, 11) is 1.69. The van der Waals surface area contributed by atoms with E-state index in [0.29, 0.717) is 12.6 Å². The van der Waals surface area contributed by atoms with E-state index in [4.69, 9.17) is 21.1 Å². The number of halogens is 1. The van der Waals surface area contributed by atoms with Gasteiger partial charge in [0.1, 0.15) is 23.8 Å². The Hall–Kier alpha value is -3.26. The van der Waals surface area contributed by atoms with Crippen LogP contribution in [0.4, 0.5) is 0 Å². The maximum Gasteiger partial charge on any atom is 0.119 e. The van der Waals surface area contributed by atoms with Crippen LogP contribution in [-0.4, -0.2) is 42.7 Å². The highest BCUT2D eigenvalue weighted by Gasteiger charge is 2.27. The first-order valence-corrected chi connectivity index (χ1v) is 11.4. The minimum absolute atomic E-state index is 0.296. The lowest BCUT2D eigenvalue weighted by molar-refractivity contribution is 0.162. The molecule has 0 saturated carbocycles. The first-order valence-electron chi connectivity index (χ1n) is 11.1. The van der Waals surface area contributed by atoms with Crippen molar-refractivity contribution in [1.29, 1.82) is 0 Å². The van der Waals surface area contributed by atoms with E-state index in [9.17, 15) is 0 Å². The quantitative estimate of drug-likeness (QED) is 0.331. The molecule has 0 bridgehead atoms. The molecular formula is C28H27ClN2O2. The summed E-state index contributed by atoms with van der Waals surface area (Å²) < 4.78 is 11.3. The third-order valence-electron chi connectivity index (χ3n) is 5.78. The van der Waals surface area contributed by atoms with E-state index in [1.807, 2.05) is 66.9 Å². The number of likely N-dealkylation sites (tertiary alicyclic amines) is 1. The van der Waals surface area contributed by atoms with E-state index < -0.39 is 0 Å². The van der Waals surface area contributed by atoms with Gasteiger partial charge >= 0.3 is 0 Å². The Balaban J connectivity index is 1.29. The SMILES string of the molecule is C=C(OC)C1CCCN1CCOc1ccc(C#Cc2ccc(-c3ccc(Cl)cc3)cn2)cc1. The summed E-state index contributed by atoms with van der Waals surface area (Å²) in [6.07, 6.45) is 4.09. The van der Waals surface area contributed by atoms with Crippen molar-refractivity contribution >= 4 is 11.6 Å². The zero-order valence-corrected chi connectivity index (χ0v) is 19.5. The van der Waals surface area contributed by atoms with Crippen LogP contribution in [0.25, 0.3) is 11.1 Å². The van der Waals surface area contributed by atoms with Crippen LogP contribution in [0.5, 0.6) is 5.75 Å². The highest BCUT2D eigenvalue weighted by molar-refractivity contribution is 6.30. The second-order valence-electron chi connectivity index (χ2n) is 7.93. The van der Waals surface area contributed by atoms with Gasteiger partial charge in [-0.1, -0.05) is 42.3 Å². The van der Waals surface area contributed by atoms with Crippen molar-refractivity contribution in [1.82, 2.24) is 9.88 Å². The van der Waals surface area contributed by atoms with Crippen LogP contribution in [0.15, 0.2) is 79.2 Å². The second-order valence-corrected chi connectivity index (χ2v) is 8.36. The number of aromatic nitrogens is 1. The van der Waals surface area contributed by atoms with Gasteiger partial charge in [-0.2, -0.15) is 0 Å². The summed E-state index contributed by atoms with van der Waals surface area (Å²) >= 11 is 5.96. The molecule has 33 heavy (non-hydrogen) atoms. The van der Waals surface area contributed by atoms with E-state index in [-0.39, 0.29) is 0 Å². The van der Waals surface area contributed by atoms with Gasteiger partial charge in [-0.05, 0) is 73.3 Å². The average molecular weight is 459 g/mol. The number of nitrogens with zero attached hydrogens (tertiary/aromatic N) is 2. The molecule has 1 unspecified atom stereocenters. The Morgan fingerprint density at radius 1 is 1.06 bits per heavy atom. The van der Waals surface area contributed by atoms with Crippen molar-refractivity contribution in [3.63, 3.8) is 0 Å². The molecule has 168 valence electrons. The maximum absolute atomic E-state index is 5.96. The third kappa shape index (κ3) is 6.16. The van der Waals surface area contributed by atoms with Crippen LogP contribution in [0.3, 0.4) is 0 Å². The molecule has 0 amide bonds. The first kappa shape index (κ1) is 22.9. The Labute approximate surface area is 200 Å². The van der Waals surface area contributed by atoms with Gasteiger partial charge in [-0.15, -0.1) is 0 Å². The van der Waals surface area contributed by atoms with Crippen LogP contribution >= 0.6 is 11.6 Å². The van der Waals surface area contributed by atoms with E-state index >= 15 is 0 Å². The fourth-order valence-corrected chi connectivity index (χ4v) is 4.05. The highest BCUT2D eigenvalue weighted by Crippen LogP contribution is 2.23. The number of ether oxygens (including phenoxy) is 2. The van der Waals surface area contributed by atoms with Crippen molar-refractivity contribution < 1.29 is 9.47 Å². The Morgan fingerprint density at radius 2 is 1.82 bits per heavy atom. The molecule has 3 aromatic rings. The number of hydrogen-bond donors (Lipinski definition) is 0. The molecule has 2 aromatic carbocycles. The molecular weight excluding hydrogens is 432 g/mol. The average Bonchev–Trinajstić information content (AvgIpc) is 3.32. The maximum atomic E-state index is 5.96. The van der Waals surface area contributed by atoms with E-state index in [0.717, 1.165) is 58.4 Å². The minimum atomic E-state index is 0.296. The standard InChI is InChI=1S/C28H27ClN2O2/c1-21(32-2)28-4-3-17-31(28)18-19-33-27-15-6-22(7-16-27)5-13-26-14-10-24(20-30-26)23-8-11-25(29)12-9-23/h6-12,14-16,20,28H,1,3-4,17-19H2,2H3. The summed E-state index contributed by atoms with van der Waals surface area (Å²) in [6.45, 7) is 6.55. The zero-order valence-electron chi connectivity index (χ0n) is 18.8. The molecule has 2 heterocycles. The molecule has 5 heteroatoms. The monoisotopic (exact) mass is 458 g/mol. The molecule has 1 saturated heterocycles. The van der Waals surface area contributed by atoms with Gasteiger partial charge in [-0.3, -0.25) is 4.90 Å². The predicted octanol–water partition coefficient (Wildman–Crippen LogP) is 5.81. The summed E-state index contributed by atoms with van der Waals surface area (Å²) in [5, 5.41) is 0.721. The van der Waals surface area contributed by atoms with Gasteiger partial charge in [0.05, 0.1) is 13.2 Å². The van der Waals surface area contributed by atoms with Gasteiger partial charge in [-0.25, -0.2) is 4.98 Å². The first-order chi connectivity index (χ1) is 16.1. The number of pyridine rings is 1. The number of benzene rings is 2. The fourth-order valence-electron chi connectivity index (χ4n) is 3.93. The van der Waals surface area contributed by atoms with Crippen molar-refractivity contribution in [3.05, 3.63) is 95.5 Å². The van der Waals surface area contributed by atoms with Crippen LogP contribution in [0, 0.1) is 11.8 Å². The molecule has 1 aromatic heterocycles.